The first-order valence-electron chi connectivity index (χ1n) is 8.01. The molecule has 0 aromatic carbocycles. The maximum Gasteiger partial charge on any atom is 0.257 e. The highest BCUT2D eigenvalue weighted by Gasteiger charge is 2.12. The molecule has 4 heteroatoms. The van der Waals surface area contributed by atoms with Gasteiger partial charge in [0.1, 0.15) is 0 Å². The number of H-pyrrole nitrogens is 3. The number of aromatic amines is 3. The SMILES string of the molecule is C=c1ccc2[nH]c(=O)c(=Cc3[nH]c(C(C)C)cc3C(C)C)c=2[nH]1. The second-order valence-corrected chi connectivity index (χ2v) is 6.69. The minimum atomic E-state index is -0.0859. The van der Waals surface area contributed by atoms with Crippen LogP contribution in [0.2, 0.25) is 0 Å². The molecule has 4 nitrogen and oxygen atoms in total. The van der Waals surface area contributed by atoms with Crippen molar-refractivity contribution in [3.63, 3.8) is 0 Å². The van der Waals surface area contributed by atoms with Gasteiger partial charge in [0.05, 0.1) is 15.9 Å². The summed E-state index contributed by atoms with van der Waals surface area (Å²) >= 11 is 0. The smallest absolute Gasteiger partial charge is 0.257 e. The maximum absolute atomic E-state index is 12.3. The molecule has 3 rings (SSSR count). The van der Waals surface area contributed by atoms with Gasteiger partial charge in [-0.1, -0.05) is 34.3 Å². The Kier molecular flexibility index (Phi) is 3.76. The lowest BCUT2D eigenvalue weighted by Crippen LogP contribution is -2.24. The quantitative estimate of drug-likeness (QED) is 0.682. The Morgan fingerprint density at radius 2 is 1.78 bits per heavy atom. The molecule has 1 aromatic heterocycles. The van der Waals surface area contributed by atoms with Crippen LogP contribution in [0.4, 0.5) is 0 Å². The highest BCUT2D eigenvalue weighted by molar-refractivity contribution is 5.52. The molecule has 0 aliphatic carbocycles. The third-order valence-corrected chi connectivity index (χ3v) is 4.20. The van der Waals surface area contributed by atoms with Gasteiger partial charge < -0.3 is 15.0 Å². The lowest BCUT2D eigenvalue weighted by atomic mass is 10.0. The van der Waals surface area contributed by atoms with Gasteiger partial charge in [0.15, 0.2) is 0 Å². The molecule has 120 valence electrons. The van der Waals surface area contributed by atoms with Gasteiger partial charge in [0.2, 0.25) is 0 Å². The Bertz CT molecular complexity index is 1060. The highest BCUT2D eigenvalue weighted by Crippen LogP contribution is 2.25. The minimum Gasteiger partial charge on any atom is -0.358 e. The number of hydrogen-bond donors (Lipinski definition) is 3. The van der Waals surface area contributed by atoms with Gasteiger partial charge in [-0.05, 0) is 41.7 Å². The van der Waals surface area contributed by atoms with Gasteiger partial charge in [0, 0.05) is 16.7 Å². The van der Waals surface area contributed by atoms with E-state index in [1.54, 1.807) is 0 Å². The Labute approximate surface area is 134 Å². The summed E-state index contributed by atoms with van der Waals surface area (Å²) < 4.78 is 0. The molecule has 0 spiro atoms. The highest BCUT2D eigenvalue weighted by atomic mass is 16.1. The molecule has 23 heavy (non-hydrogen) atoms. The van der Waals surface area contributed by atoms with Crippen molar-refractivity contribution in [2.75, 3.05) is 0 Å². The van der Waals surface area contributed by atoms with E-state index in [0.717, 1.165) is 21.7 Å². The van der Waals surface area contributed by atoms with Crippen LogP contribution in [-0.4, -0.2) is 15.0 Å². The second kappa shape index (κ2) is 5.61. The fourth-order valence-electron chi connectivity index (χ4n) is 2.86. The van der Waals surface area contributed by atoms with E-state index in [-0.39, 0.29) is 5.56 Å². The average Bonchev–Trinajstić information content (AvgIpc) is 3.02. The predicted molar refractivity (Wildman–Crippen MR) is 94.0 cm³/mol. The molecule has 0 bridgehead atoms. The van der Waals surface area contributed by atoms with Crippen LogP contribution in [0.5, 0.6) is 0 Å². The minimum absolute atomic E-state index is 0.0859. The second-order valence-electron chi connectivity index (χ2n) is 6.69. The Morgan fingerprint density at radius 3 is 2.43 bits per heavy atom. The van der Waals surface area contributed by atoms with Crippen LogP contribution in [-0.2, 0) is 0 Å². The molecule has 2 aliphatic rings. The molecule has 0 radical (unpaired) electrons. The van der Waals surface area contributed by atoms with Crippen molar-refractivity contribution in [1.29, 1.82) is 0 Å². The van der Waals surface area contributed by atoms with E-state index in [1.807, 2.05) is 18.2 Å². The van der Waals surface area contributed by atoms with Crippen LogP contribution >= 0.6 is 0 Å². The third-order valence-electron chi connectivity index (χ3n) is 4.20. The number of rotatable bonds is 3. The van der Waals surface area contributed by atoms with Gasteiger partial charge >= 0.3 is 0 Å². The Balaban J connectivity index is 2.33. The molecule has 0 unspecified atom stereocenters. The van der Waals surface area contributed by atoms with Crippen LogP contribution in [0.3, 0.4) is 0 Å². The summed E-state index contributed by atoms with van der Waals surface area (Å²) in [6, 6.07) is 5.94. The first-order chi connectivity index (χ1) is 10.9. The summed E-state index contributed by atoms with van der Waals surface area (Å²) in [7, 11) is 0. The first-order valence-corrected chi connectivity index (χ1v) is 8.01. The van der Waals surface area contributed by atoms with Gasteiger partial charge in [0.25, 0.3) is 5.56 Å². The molecular formula is C19H23N3O. The topological polar surface area (TPSA) is 64.4 Å². The van der Waals surface area contributed by atoms with E-state index in [2.05, 4.69) is 55.3 Å². The molecule has 0 fully saturated rings. The van der Waals surface area contributed by atoms with Crippen LogP contribution in [0, 0.1) is 10.7 Å². The molecule has 0 saturated heterocycles. The molecule has 1 aromatic rings. The van der Waals surface area contributed by atoms with E-state index in [0.29, 0.717) is 17.1 Å². The van der Waals surface area contributed by atoms with Gasteiger partial charge in [-0.25, -0.2) is 0 Å². The Morgan fingerprint density at radius 1 is 1.04 bits per heavy atom. The lowest BCUT2D eigenvalue weighted by Gasteiger charge is -2.02. The molecule has 0 saturated carbocycles. The zero-order chi connectivity index (χ0) is 16.7. The molecule has 2 aliphatic heterocycles. The summed E-state index contributed by atoms with van der Waals surface area (Å²) in [6.07, 6.45) is 1.94. The van der Waals surface area contributed by atoms with Gasteiger partial charge in [-0.15, -0.1) is 0 Å². The van der Waals surface area contributed by atoms with Crippen molar-refractivity contribution in [2.45, 2.75) is 39.5 Å². The maximum atomic E-state index is 12.3. The largest absolute Gasteiger partial charge is 0.358 e. The predicted octanol–water partition coefficient (Wildman–Crippen LogP) is 2.24. The number of aromatic nitrogens is 3. The average molecular weight is 309 g/mol. The molecule has 3 N–H and O–H groups in total. The molecule has 0 amide bonds. The molecule has 3 heterocycles. The fourth-order valence-corrected chi connectivity index (χ4v) is 2.86. The van der Waals surface area contributed by atoms with Crippen molar-refractivity contribution in [3.05, 3.63) is 66.8 Å². The van der Waals surface area contributed by atoms with E-state index in [4.69, 9.17) is 0 Å². The zero-order valence-corrected chi connectivity index (χ0v) is 14.1. The summed E-state index contributed by atoms with van der Waals surface area (Å²) in [4.78, 5) is 21.9. The molecular weight excluding hydrogens is 286 g/mol. The van der Waals surface area contributed by atoms with Crippen molar-refractivity contribution in [3.8, 4) is 0 Å². The summed E-state index contributed by atoms with van der Waals surface area (Å²) in [5, 5.41) is 3.03. The zero-order valence-electron chi connectivity index (χ0n) is 14.1. The van der Waals surface area contributed by atoms with Crippen molar-refractivity contribution in [1.82, 2.24) is 15.0 Å². The van der Waals surface area contributed by atoms with Crippen LogP contribution in [0.15, 0.2) is 23.0 Å². The monoisotopic (exact) mass is 309 g/mol. The third kappa shape index (κ3) is 2.77. The normalized spacial score (nSPS) is 12.9. The van der Waals surface area contributed by atoms with E-state index in [1.165, 1.54) is 11.3 Å². The number of hydrogen-bond acceptors (Lipinski definition) is 1. The van der Waals surface area contributed by atoms with E-state index in [9.17, 15) is 4.79 Å². The van der Waals surface area contributed by atoms with Gasteiger partial charge in [-0.2, -0.15) is 0 Å². The summed E-state index contributed by atoms with van der Waals surface area (Å²) in [6.45, 7) is 12.6. The first kappa shape index (κ1) is 15.4. The van der Waals surface area contributed by atoms with Crippen LogP contribution < -0.4 is 16.1 Å². The van der Waals surface area contributed by atoms with Crippen molar-refractivity contribution in [2.24, 2.45) is 0 Å². The van der Waals surface area contributed by atoms with Crippen LogP contribution in [0.25, 0.3) is 12.7 Å². The molecule has 0 atom stereocenters. The number of nitrogens with one attached hydrogen (secondary N) is 3. The summed E-state index contributed by atoms with van der Waals surface area (Å²) in [5.41, 5.74) is 3.34. The Hall–Kier alpha value is -2.49. The standard InChI is InChI=1S/C19H23N3O/c1-10(2)13-8-16(11(3)4)21-17(13)9-14-18-15(22-19(14)23)7-6-12(5)20-18/h6-11,20-21H,5H2,1-4H3,(H,22,23). The van der Waals surface area contributed by atoms with Gasteiger partial charge in [-0.3, -0.25) is 4.79 Å². The van der Waals surface area contributed by atoms with E-state index >= 15 is 0 Å². The van der Waals surface area contributed by atoms with Crippen LogP contribution in [0.1, 0.15) is 56.5 Å². The lowest BCUT2D eigenvalue weighted by molar-refractivity contribution is 0.830. The van der Waals surface area contributed by atoms with E-state index < -0.39 is 0 Å². The van der Waals surface area contributed by atoms with Crippen molar-refractivity contribution >= 4 is 12.7 Å². The summed E-state index contributed by atoms with van der Waals surface area (Å²) in [5.74, 6) is 0.806. The van der Waals surface area contributed by atoms with Crippen molar-refractivity contribution < 1.29 is 0 Å². The fraction of sp³-hybridized carbons (Fsp3) is 0.316.